The van der Waals surface area contributed by atoms with E-state index in [9.17, 15) is 10.1 Å². The fourth-order valence-electron chi connectivity index (χ4n) is 1.87. The van der Waals surface area contributed by atoms with Crippen LogP contribution < -0.4 is 4.74 Å². The Morgan fingerprint density at radius 2 is 1.84 bits per heavy atom. The van der Waals surface area contributed by atoms with Crippen LogP contribution in [0.25, 0.3) is 0 Å². The molecule has 0 spiro atoms. The van der Waals surface area contributed by atoms with E-state index < -0.39 is 4.92 Å². The highest BCUT2D eigenvalue weighted by molar-refractivity contribution is 9.11. The standard InChI is InChI=1S/C13H17Br2NO3/c1-3-5-10(6-4-2)19-13-11(15)7-9(14)8-12(13)16(17)18/h7-8,10H,3-6H2,1-2H3. The van der Waals surface area contributed by atoms with Crippen molar-refractivity contribution < 1.29 is 9.66 Å². The van der Waals surface area contributed by atoms with Crippen LogP contribution >= 0.6 is 31.9 Å². The number of benzene rings is 1. The predicted octanol–water partition coefficient (Wildman–Crippen LogP) is 5.47. The highest BCUT2D eigenvalue weighted by Gasteiger charge is 2.22. The number of hydrogen-bond donors (Lipinski definition) is 0. The van der Waals surface area contributed by atoms with Crippen molar-refractivity contribution in [3.8, 4) is 5.75 Å². The minimum Gasteiger partial charge on any atom is -0.483 e. The monoisotopic (exact) mass is 393 g/mol. The summed E-state index contributed by atoms with van der Waals surface area (Å²) in [6.45, 7) is 4.16. The molecular formula is C13H17Br2NO3. The summed E-state index contributed by atoms with van der Waals surface area (Å²) in [5, 5.41) is 11.1. The molecule has 0 N–H and O–H groups in total. The van der Waals surface area contributed by atoms with E-state index >= 15 is 0 Å². The summed E-state index contributed by atoms with van der Waals surface area (Å²) in [5.41, 5.74) is -0.0153. The van der Waals surface area contributed by atoms with Crippen LogP contribution in [0.2, 0.25) is 0 Å². The molecule has 0 aliphatic rings. The fraction of sp³-hybridized carbons (Fsp3) is 0.538. The van der Waals surface area contributed by atoms with Crippen LogP contribution in [0, 0.1) is 10.1 Å². The van der Waals surface area contributed by atoms with Gasteiger partial charge in [0.1, 0.15) is 0 Å². The molecule has 0 radical (unpaired) electrons. The Bertz CT molecular complexity index is 446. The molecule has 0 aliphatic heterocycles. The zero-order valence-electron chi connectivity index (χ0n) is 11.0. The maximum Gasteiger partial charge on any atom is 0.313 e. The van der Waals surface area contributed by atoms with Crippen molar-refractivity contribution >= 4 is 37.5 Å². The Hall–Kier alpha value is -0.620. The van der Waals surface area contributed by atoms with Gasteiger partial charge in [-0.25, -0.2) is 0 Å². The molecule has 6 heteroatoms. The molecule has 1 rings (SSSR count). The SMILES string of the molecule is CCCC(CCC)Oc1c(Br)cc(Br)cc1[N+](=O)[O-]. The van der Waals surface area contributed by atoms with Crippen LogP contribution in [0.4, 0.5) is 5.69 Å². The van der Waals surface area contributed by atoms with Crippen LogP contribution in [-0.4, -0.2) is 11.0 Å². The van der Waals surface area contributed by atoms with Crippen LogP contribution in [0.1, 0.15) is 39.5 Å². The summed E-state index contributed by atoms with van der Waals surface area (Å²) in [7, 11) is 0. The summed E-state index contributed by atoms with van der Waals surface area (Å²) < 4.78 is 7.12. The number of hydrogen-bond acceptors (Lipinski definition) is 3. The van der Waals surface area contributed by atoms with Crippen LogP contribution in [-0.2, 0) is 0 Å². The first-order chi connectivity index (χ1) is 8.99. The minimum atomic E-state index is -0.417. The zero-order chi connectivity index (χ0) is 14.4. The Labute approximate surface area is 129 Å². The van der Waals surface area contributed by atoms with Crippen molar-refractivity contribution in [3.63, 3.8) is 0 Å². The fourth-order valence-corrected chi connectivity index (χ4v) is 3.17. The van der Waals surface area contributed by atoms with Gasteiger partial charge in [-0.2, -0.15) is 0 Å². The van der Waals surface area contributed by atoms with Crippen molar-refractivity contribution in [2.45, 2.75) is 45.6 Å². The molecule has 0 bridgehead atoms. The quantitative estimate of drug-likeness (QED) is 0.455. The highest BCUT2D eigenvalue weighted by Crippen LogP contribution is 2.39. The lowest BCUT2D eigenvalue weighted by atomic mass is 10.1. The van der Waals surface area contributed by atoms with Gasteiger partial charge in [0.05, 0.1) is 15.5 Å². The summed E-state index contributed by atoms with van der Waals surface area (Å²) in [4.78, 5) is 10.7. The molecular weight excluding hydrogens is 378 g/mol. The van der Waals surface area contributed by atoms with Gasteiger partial charge in [0, 0.05) is 10.5 Å². The number of rotatable bonds is 7. The average molecular weight is 395 g/mol. The second-order valence-electron chi connectivity index (χ2n) is 4.31. The molecule has 4 nitrogen and oxygen atoms in total. The number of nitrogens with zero attached hydrogens (tertiary/aromatic N) is 1. The van der Waals surface area contributed by atoms with Gasteiger partial charge in [0.2, 0.25) is 5.75 Å². The van der Waals surface area contributed by atoms with Gasteiger partial charge in [-0.15, -0.1) is 0 Å². The number of halogens is 2. The van der Waals surface area contributed by atoms with E-state index in [-0.39, 0.29) is 11.8 Å². The van der Waals surface area contributed by atoms with E-state index in [0.29, 0.717) is 14.7 Å². The van der Waals surface area contributed by atoms with Gasteiger partial charge in [0.15, 0.2) is 0 Å². The molecule has 0 aromatic heterocycles. The summed E-state index contributed by atoms with van der Waals surface area (Å²) >= 11 is 6.59. The predicted molar refractivity (Wildman–Crippen MR) is 82.7 cm³/mol. The molecule has 0 saturated heterocycles. The van der Waals surface area contributed by atoms with Crippen LogP contribution in [0.3, 0.4) is 0 Å². The molecule has 0 amide bonds. The summed E-state index contributed by atoms with van der Waals surface area (Å²) in [5.74, 6) is 0.320. The first kappa shape index (κ1) is 16.4. The third kappa shape index (κ3) is 4.76. The lowest BCUT2D eigenvalue weighted by Crippen LogP contribution is -2.17. The van der Waals surface area contributed by atoms with Gasteiger partial charge in [-0.1, -0.05) is 42.6 Å². The van der Waals surface area contributed by atoms with E-state index in [1.807, 2.05) is 0 Å². The summed E-state index contributed by atoms with van der Waals surface area (Å²) in [6, 6.07) is 3.23. The topological polar surface area (TPSA) is 52.4 Å². The van der Waals surface area contributed by atoms with E-state index in [1.54, 1.807) is 6.07 Å². The van der Waals surface area contributed by atoms with Crippen molar-refractivity contribution in [2.24, 2.45) is 0 Å². The van der Waals surface area contributed by atoms with Crippen molar-refractivity contribution in [1.82, 2.24) is 0 Å². The molecule has 0 fully saturated rings. The zero-order valence-corrected chi connectivity index (χ0v) is 14.2. The largest absolute Gasteiger partial charge is 0.483 e. The molecule has 0 aliphatic carbocycles. The average Bonchev–Trinajstić information content (AvgIpc) is 2.32. The van der Waals surface area contributed by atoms with Gasteiger partial charge >= 0.3 is 5.69 Å². The third-order valence-corrected chi connectivity index (χ3v) is 3.74. The van der Waals surface area contributed by atoms with Gasteiger partial charge in [0.25, 0.3) is 0 Å². The molecule has 106 valence electrons. The van der Waals surface area contributed by atoms with E-state index in [2.05, 4.69) is 45.7 Å². The molecule has 0 saturated carbocycles. The Morgan fingerprint density at radius 3 is 2.32 bits per heavy atom. The Morgan fingerprint density at radius 1 is 1.26 bits per heavy atom. The number of ether oxygens (including phenoxy) is 1. The van der Waals surface area contributed by atoms with Crippen molar-refractivity contribution in [1.29, 1.82) is 0 Å². The molecule has 0 heterocycles. The molecule has 1 aromatic rings. The van der Waals surface area contributed by atoms with Gasteiger partial charge in [-0.3, -0.25) is 10.1 Å². The van der Waals surface area contributed by atoms with Crippen molar-refractivity contribution in [3.05, 3.63) is 31.2 Å². The normalized spacial score (nSPS) is 10.8. The molecule has 0 atom stereocenters. The Kier molecular flexibility index (Phi) is 6.79. The van der Waals surface area contributed by atoms with E-state index in [0.717, 1.165) is 25.7 Å². The minimum absolute atomic E-state index is 0.0153. The Balaban J connectivity index is 3.07. The molecule has 19 heavy (non-hydrogen) atoms. The maximum absolute atomic E-state index is 11.1. The number of nitro groups is 1. The highest BCUT2D eigenvalue weighted by atomic mass is 79.9. The second kappa shape index (κ2) is 7.85. The number of nitro benzene ring substituents is 1. The van der Waals surface area contributed by atoms with Gasteiger partial charge in [-0.05, 0) is 34.8 Å². The van der Waals surface area contributed by atoms with E-state index in [4.69, 9.17) is 4.74 Å². The van der Waals surface area contributed by atoms with Crippen LogP contribution in [0.15, 0.2) is 21.1 Å². The van der Waals surface area contributed by atoms with Crippen LogP contribution in [0.5, 0.6) is 5.75 Å². The molecule has 1 aromatic carbocycles. The molecule has 0 unspecified atom stereocenters. The first-order valence-corrected chi connectivity index (χ1v) is 7.88. The maximum atomic E-state index is 11.1. The van der Waals surface area contributed by atoms with E-state index in [1.165, 1.54) is 6.07 Å². The smallest absolute Gasteiger partial charge is 0.313 e. The second-order valence-corrected chi connectivity index (χ2v) is 6.08. The van der Waals surface area contributed by atoms with Crippen molar-refractivity contribution in [2.75, 3.05) is 0 Å². The lowest BCUT2D eigenvalue weighted by molar-refractivity contribution is -0.386. The third-order valence-electron chi connectivity index (χ3n) is 2.69. The first-order valence-electron chi connectivity index (χ1n) is 6.29. The summed E-state index contributed by atoms with van der Waals surface area (Å²) in [6.07, 6.45) is 3.80. The lowest BCUT2D eigenvalue weighted by Gasteiger charge is -2.19. The van der Waals surface area contributed by atoms with Gasteiger partial charge < -0.3 is 4.74 Å².